The van der Waals surface area contributed by atoms with E-state index in [-0.39, 0.29) is 0 Å². The fraction of sp³-hybridized carbons (Fsp3) is 0.273. The molecule has 3 aromatic rings. The van der Waals surface area contributed by atoms with Gasteiger partial charge in [-0.1, -0.05) is 18.2 Å². The summed E-state index contributed by atoms with van der Waals surface area (Å²) in [6, 6.07) is 10.4. The fourth-order valence-corrected chi connectivity index (χ4v) is 3.62. The number of benzene rings is 2. The topological polar surface area (TPSA) is 31.6 Å². The number of hydrogen-bond donors (Lipinski definition) is 0. The van der Waals surface area contributed by atoms with Gasteiger partial charge < -0.3 is 13.9 Å². The Kier molecular flexibility index (Phi) is 3.79. The second-order valence-corrected chi connectivity index (χ2v) is 6.55. The number of para-hydroxylation sites is 1. The Morgan fingerprint density at radius 1 is 1.08 bits per heavy atom. The van der Waals surface area contributed by atoms with Crippen LogP contribution < -0.4 is 9.47 Å². The first-order valence-corrected chi connectivity index (χ1v) is 8.68. The van der Waals surface area contributed by atoms with E-state index in [1.165, 1.54) is 11.1 Å². The monoisotopic (exact) mass is 334 g/mol. The summed E-state index contributed by atoms with van der Waals surface area (Å²) in [6.07, 6.45) is 1.81. The van der Waals surface area contributed by atoms with E-state index in [1.54, 1.807) is 0 Å². The van der Waals surface area contributed by atoms with Crippen molar-refractivity contribution in [2.75, 3.05) is 13.2 Å². The molecule has 0 saturated heterocycles. The van der Waals surface area contributed by atoms with Crippen molar-refractivity contribution < 1.29 is 13.9 Å². The van der Waals surface area contributed by atoms with E-state index >= 15 is 0 Å². The van der Waals surface area contributed by atoms with Crippen molar-refractivity contribution >= 4 is 16.5 Å². The van der Waals surface area contributed by atoms with E-state index in [0.717, 1.165) is 44.7 Å². The Hall–Kier alpha value is -2.68. The van der Waals surface area contributed by atoms with Gasteiger partial charge in [0.15, 0.2) is 0 Å². The molecule has 1 aromatic heterocycles. The summed E-state index contributed by atoms with van der Waals surface area (Å²) in [7, 11) is 0. The molecule has 0 unspecified atom stereocenters. The molecule has 3 nitrogen and oxygen atoms in total. The molecule has 0 aliphatic carbocycles. The molecule has 0 N–H and O–H groups in total. The van der Waals surface area contributed by atoms with Crippen molar-refractivity contribution in [1.82, 2.24) is 0 Å². The number of ether oxygens (including phenoxy) is 2. The standard InChI is InChI=1S/C22H22O3/c1-5-23-19-9-7-6-8-16(19)20-14(3)12-25-22-15(4)21-17(10-18(20)22)13(2)11-24-21/h6-11H,5,12H2,1-4H3. The number of fused-ring (bicyclic) bond motifs is 2. The Bertz CT molecular complexity index is 992. The van der Waals surface area contributed by atoms with Gasteiger partial charge >= 0.3 is 0 Å². The molecule has 2 aromatic carbocycles. The molecule has 0 spiro atoms. The van der Waals surface area contributed by atoms with Crippen LogP contribution in [0.5, 0.6) is 11.5 Å². The maximum absolute atomic E-state index is 6.08. The smallest absolute Gasteiger partial charge is 0.140 e. The van der Waals surface area contributed by atoms with Crippen LogP contribution >= 0.6 is 0 Å². The van der Waals surface area contributed by atoms with Gasteiger partial charge in [0.2, 0.25) is 0 Å². The van der Waals surface area contributed by atoms with E-state index in [9.17, 15) is 0 Å². The quantitative estimate of drug-likeness (QED) is 0.619. The average molecular weight is 334 g/mol. The molecular formula is C22H22O3. The van der Waals surface area contributed by atoms with E-state index in [2.05, 4.69) is 39.0 Å². The second kappa shape index (κ2) is 5.99. The molecule has 128 valence electrons. The van der Waals surface area contributed by atoms with Crippen molar-refractivity contribution in [3.05, 3.63) is 64.4 Å². The first kappa shape index (κ1) is 15.8. The molecule has 0 bridgehead atoms. The van der Waals surface area contributed by atoms with Crippen molar-refractivity contribution in [2.24, 2.45) is 0 Å². The third-order valence-electron chi connectivity index (χ3n) is 4.82. The van der Waals surface area contributed by atoms with E-state index in [4.69, 9.17) is 13.9 Å². The lowest BCUT2D eigenvalue weighted by Gasteiger charge is -2.25. The molecule has 1 aliphatic heterocycles. The summed E-state index contributed by atoms with van der Waals surface area (Å²) in [5, 5.41) is 1.14. The molecule has 2 heterocycles. The molecule has 0 radical (unpaired) electrons. The minimum Gasteiger partial charge on any atom is -0.493 e. The van der Waals surface area contributed by atoms with Crippen LogP contribution in [-0.2, 0) is 0 Å². The highest BCUT2D eigenvalue weighted by atomic mass is 16.5. The highest BCUT2D eigenvalue weighted by molar-refractivity contribution is 5.96. The van der Waals surface area contributed by atoms with Gasteiger partial charge in [0, 0.05) is 22.1 Å². The van der Waals surface area contributed by atoms with E-state index < -0.39 is 0 Å². The zero-order chi connectivity index (χ0) is 17.6. The predicted molar refractivity (Wildman–Crippen MR) is 100 cm³/mol. The van der Waals surface area contributed by atoms with Gasteiger partial charge in [-0.2, -0.15) is 0 Å². The average Bonchev–Trinajstić information content (AvgIpc) is 2.98. The number of aryl methyl sites for hydroxylation is 2. The third-order valence-corrected chi connectivity index (χ3v) is 4.82. The lowest BCUT2D eigenvalue weighted by molar-refractivity contribution is 0.336. The lowest BCUT2D eigenvalue weighted by atomic mass is 9.88. The van der Waals surface area contributed by atoms with Crippen LogP contribution in [-0.4, -0.2) is 13.2 Å². The number of rotatable bonds is 3. The third kappa shape index (κ3) is 2.42. The maximum atomic E-state index is 6.08. The van der Waals surface area contributed by atoms with Gasteiger partial charge in [0.1, 0.15) is 23.7 Å². The highest BCUT2D eigenvalue weighted by Gasteiger charge is 2.25. The SMILES string of the molecule is CCOc1ccccc1C1=C(C)COc2c1cc1c(C)coc1c2C. The van der Waals surface area contributed by atoms with Gasteiger partial charge in [-0.05, 0) is 56.5 Å². The fourth-order valence-electron chi connectivity index (χ4n) is 3.62. The van der Waals surface area contributed by atoms with Crippen LogP contribution in [0.15, 0.2) is 46.6 Å². The number of hydrogen-bond acceptors (Lipinski definition) is 3. The van der Waals surface area contributed by atoms with E-state index in [0.29, 0.717) is 13.2 Å². The van der Waals surface area contributed by atoms with Crippen molar-refractivity contribution in [3.63, 3.8) is 0 Å². The predicted octanol–water partition coefficient (Wildman–Crippen LogP) is 5.66. The van der Waals surface area contributed by atoms with Crippen molar-refractivity contribution in [2.45, 2.75) is 27.7 Å². The Balaban J connectivity index is 2.01. The normalized spacial score (nSPS) is 13.8. The maximum Gasteiger partial charge on any atom is 0.140 e. The molecule has 0 saturated carbocycles. The molecular weight excluding hydrogens is 312 g/mol. The first-order valence-electron chi connectivity index (χ1n) is 8.68. The Morgan fingerprint density at radius 2 is 1.88 bits per heavy atom. The van der Waals surface area contributed by atoms with Crippen LogP contribution in [0.4, 0.5) is 0 Å². The summed E-state index contributed by atoms with van der Waals surface area (Å²) in [4.78, 5) is 0. The van der Waals surface area contributed by atoms with Crippen LogP contribution in [0.3, 0.4) is 0 Å². The second-order valence-electron chi connectivity index (χ2n) is 6.55. The zero-order valence-corrected chi connectivity index (χ0v) is 15.1. The lowest BCUT2D eigenvalue weighted by Crippen LogP contribution is -2.12. The minimum atomic E-state index is 0.578. The zero-order valence-electron chi connectivity index (χ0n) is 15.1. The molecule has 0 atom stereocenters. The first-order chi connectivity index (χ1) is 12.1. The molecule has 4 rings (SSSR count). The summed E-state index contributed by atoms with van der Waals surface area (Å²) in [5.41, 5.74) is 7.75. The summed E-state index contributed by atoms with van der Waals surface area (Å²) in [5.74, 6) is 1.82. The summed E-state index contributed by atoms with van der Waals surface area (Å²) in [6.45, 7) is 9.50. The number of furan rings is 1. The Morgan fingerprint density at radius 3 is 2.68 bits per heavy atom. The molecule has 1 aliphatic rings. The Labute approximate surface area is 147 Å². The van der Waals surface area contributed by atoms with Crippen LogP contribution in [0, 0.1) is 13.8 Å². The van der Waals surface area contributed by atoms with E-state index in [1.807, 2.05) is 25.3 Å². The van der Waals surface area contributed by atoms with Crippen LogP contribution in [0.1, 0.15) is 36.1 Å². The minimum absolute atomic E-state index is 0.578. The van der Waals surface area contributed by atoms with Gasteiger partial charge in [-0.25, -0.2) is 0 Å². The molecule has 0 fully saturated rings. The molecule has 25 heavy (non-hydrogen) atoms. The largest absolute Gasteiger partial charge is 0.493 e. The van der Waals surface area contributed by atoms with Gasteiger partial charge in [0.25, 0.3) is 0 Å². The van der Waals surface area contributed by atoms with Crippen LogP contribution in [0.25, 0.3) is 16.5 Å². The van der Waals surface area contributed by atoms with Gasteiger partial charge in [-0.15, -0.1) is 0 Å². The molecule has 3 heteroatoms. The highest BCUT2D eigenvalue weighted by Crippen LogP contribution is 2.45. The van der Waals surface area contributed by atoms with Gasteiger partial charge in [-0.3, -0.25) is 0 Å². The summed E-state index contributed by atoms with van der Waals surface area (Å²) < 4.78 is 17.7. The van der Waals surface area contributed by atoms with Crippen molar-refractivity contribution in [3.8, 4) is 11.5 Å². The molecule has 0 amide bonds. The van der Waals surface area contributed by atoms with Crippen LogP contribution in [0.2, 0.25) is 0 Å². The van der Waals surface area contributed by atoms with Crippen molar-refractivity contribution in [1.29, 1.82) is 0 Å². The van der Waals surface area contributed by atoms with Gasteiger partial charge in [0.05, 0.1) is 12.9 Å². The summed E-state index contributed by atoms with van der Waals surface area (Å²) >= 11 is 0.